The summed E-state index contributed by atoms with van der Waals surface area (Å²) in [4.78, 5) is 9.87. The third-order valence-corrected chi connectivity index (χ3v) is 1.16. The molecule has 2 nitrogen and oxygen atoms in total. The average Bonchev–Trinajstić information content (AvgIpc) is 1.88. The predicted octanol–water partition coefficient (Wildman–Crippen LogP) is 0.534. The van der Waals surface area contributed by atoms with Crippen LogP contribution < -0.4 is 5.32 Å². The first-order chi connectivity index (χ1) is 4.35. The number of hydrogen-bond donors (Lipinski definition) is 1. The van der Waals surface area contributed by atoms with Crippen molar-refractivity contribution in [3.8, 4) is 12.3 Å². The summed E-state index contributed by atoms with van der Waals surface area (Å²) < 4.78 is 0. The van der Waals surface area contributed by atoms with Crippen LogP contribution in [0.25, 0.3) is 0 Å². The van der Waals surface area contributed by atoms with Gasteiger partial charge < -0.3 is 5.32 Å². The molecule has 9 heavy (non-hydrogen) atoms. The van der Waals surface area contributed by atoms with Gasteiger partial charge in [-0.2, -0.15) is 0 Å². The van der Waals surface area contributed by atoms with Gasteiger partial charge in [-0.25, -0.2) is 0 Å². The summed E-state index contributed by atoms with van der Waals surface area (Å²) in [5.41, 5.74) is 0. The monoisotopic (exact) mass is 125 g/mol. The maximum absolute atomic E-state index is 9.87. The minimum absolute atomic E-state index is 0.160. The Labute approximate surface area is 55.6 Å². The molecule has 0 radical (unpaired) electrons. The molecule has 0 aliphatic heterocycles. The van der Waals surface area contributed by atoms with E-state index in [1.165, 1.54) is 0 Å². The van der Waals surface area contributed by atoms with E-state index in [-0.39, 0.29) is 6.04 Å². The molecule has 2 heteroatoms. The van der Waals surface area contributed by atoms with E-state index in [9.17, 15) is 4.79 Å². The van der Waals surface area contributed by atoms with Crippen molar-refractivity contribution in [2.24, 2.45) is 0 Å². The molecule has 1 atom stereocenters. The molecule has 50 valence electrons. The number of rotatable bonds is 4. The maximum Gasteiger partial charge on any atom is 0.207 e. The maximum atomic E-state index is 9.87. The first kappa shape index (κ1) is 8.03. The standard InChI is InChI=1S/C7H11NO/c1-3-5-7(4-2)8-6-9/h1,6-7H,4-5H2,2H3,(H,8,9). The third kappa shape index (κ3) is 3.60. The second kappa shape index (κ2) is 5.17. The van der Waals surface area contributed by atoms with E-state index in [4.69, 9.17) is 6.42 Å². The molecule has 1 N–H and O–H groups in total. The molecule has 0 fully saturated rings. The molecule has 0 saturated heterocycles. The lowest BCUT2D eigenvalue weighted by Gasteiger charge is -2.07. The van der Waals surface area contributed by atoms with E-state index < -0.39 is 0 Å². The SMILES string of the molecule is C#CCC(CC)NC=O. The van der Waals surface area contributed by atoms with Gasteiger partial charge in [-0.1, -0.05) is 6.92 Å². The van der Waals surface area contributed by atoms with Gasteiger partial charge in [0.1, 0.15) is 0 Å². The molecule has 0 heterocycles. The second-order valence-corrected chi connectivity index (χ2v) is 1.80. The third-order valence-electron chi connectivity index (χ3n) is 1.16. The molecule has 0 aromatic rings. The highest BCUT2D eigenvalue weighted by Gasteiger charge is 1.99. The predicted molar refractivity (Wildman–Crippen MR) is 36.7 cm³/mol. The van der Waals surface area contributed by atoms with E-state index in [0.717, 1.165) is 6.42 Å². The zero-order valence-electron chi connectivity index (χ0n) is 5.55. The molecule has 0 saturated carbocycles. The lowest BCUT2D eigenvalue weighted by atomic mass is 10.2. The fourth-order valence-electron chi connectivity index (χ4n) is 0.560. The van der Waals surface area contributed by atoms with E-state index in [1.807, 2.05) is 6.92 Å². The van der Waals surface area contributed by atoms with E-state index in [2.05, 4.69) is 11.2 Å². The first-order valence-electron chi connectivity index (χ1n) is 2.98. The van der Waals surface area contributed by atoms with Crippen LogP contribution in [0.1, 0.15) is 19.8 Å². The van der Waals surface area contributed by atoms with Gasteiger partial charge in [0, 0.05) is 12.5 Å². The fraction of sp³-hybridized carbons (Fsp3) is 0.571. The van der Waals surface area contributed by atoms with Crippen LogP contribution in [0.15, 0.2) is 0 Å². The van der Waals surface area contributed by atoms with Crippen molar-refractivity contribution in [3.63, 3.8) is 0 Å². The summed E-state index contributed by atoms with van der Waals surface area (Å²) in [6.07, 6.45) is 7.23. The Morgan fingerprint density at radius 1 is 1.89 bits per heavy atom. The van der Waals surface area contributed by atoms with Crippen LogP contribution in [0.3, 0.4) is 0 Å². The van der Waals surface area contributed by atoms with Gasteiger partial charge in [0.25, 0.3) is 0 Å². The smallest absolute Gasteiger partial charge is 0.207 e. The van der Waals surface area contributed by atoms with Gasteiger partial charge in [0.2, 0.25) is 6.41 Å². The highest BCUT2D eigenvalue weighted by atomic mass is 16.1. The molecule has 1 unspecified atom stereocenters. The van der Waals surface area contributed by atoms with Crippen LogP contribution in [0.4, 0.5) is 0 Å². The van der Waals surface area contributed by atoms with Crippen LogP contribution in [0.2, 0.25) is 0 Å². The van der Waals surface area contributed by atoms with Gasteiger partial charge in [0.05, 0.1) is 0 Å². The topological polar surface area (TPSA) is 29.1 Å². The number of nitrogens with one attached hydrogen (secondary N) is 1. The molecule has 0 aromatic carbocycles. The van der Waals surface area contributed by atoms with Crippen molar-refractivity contribution >= 4 is 6.41 Å². The second-order valence-electron chi connectivity index (χ2n) is 1.80. The molecule has 0 bridgehead atoms. The highest BCUT2D eigenvalue weighted by Crippen LogP contribution is 1.92. The van der Waals surface area contributed by atoms with Crippen LogP contribution >= 0.6 is 0 Å². The lowest BCUT2D eigenvalue weighted by molar-refractivity contribution is -0.110. The van der Waals surface area contributed by atoms with Gasteiger partial charge in [-0.3, -0.25) is 4.79 Å². The van der Waals surface area contributed by atoms with E-state index in [1.54, 1.807) is 0 Å². The number of carbonyl (C=O) groups excluding carboxylic acids is 1. The fourth-order valence-corrected chi connectivity index (χ4v) is 0.560. The van der Waals surface area contributed by atoms with Crippen molar-refractivity contribution in [1.29, 1.82) is 0 Å². The summed E-state index contributed by atoms with van der Waals surface area (Å²) in [5, 5.41) is 2.61. The van der Waals surface area contributed by atoms with Crippen molar-refractivity contribution < 1.29 is 4.79 Å². The van der Waals surface area contributed by atoms with Crippen LogP contribution in [-0.4, -0.2) is 12.5 Å². The zero-order chi connectivity index (χ0) is 7.11. The summed E-state index contributed by atoms with van der Waals surface area (Å²) in [6, 6.07) is 0.160. The quantitative estimate of drug-likeness (QED) is 0.431. The Balaban J connectivity index is 3.43. The molecule has 0 spiro atoms. The Hall–Kier alpha value is -0.970. The van der Waals surface area contributed by atoms with Crippen molar-refractivity contribution in [1.82, 2.24) is 5.32 Å². The summed E-state index contributed by atoms with van der Waals surface area (Å²) in [7, 11) is 0. The number of hydrogen-bond acceptors (Lipinski definition) is 1. The van der Waals surface area contributed by atoms with Crippen molar-refractivity contribution in [2.45, 2.75) is 25.8 Å². The molecule has 0 rings (SSSR count). The lowest BCUT2D eigenvalue weighted by Crippen LogP contribution is -2.26. The van der Waals surface area contributed by atoms with Crippen LogP contribution in [0, 0.1) is 12.3 Å². The zero-order valence-corrected chi connectivity index (χ0v) is 5.55. The highest BCUT2D eigenvalue weighted by molar-refractivity contribution is 5.46. The average molecular weight is 125 g/mol. The summed E-state index contributed by atoms with van der Waals surface area (Å²) >= 11 is 0. The summed E-state index contributed by atoms with van der Waals surface area (Å²) in [6.45, 7) is 1.98. The minimum Gasteiger partial charge on any atom is -0.355 e. The molecule has 0 aliphatic carbocycles. The van der Waals surface area contributed by atoms with Crippen molar-refractivity contribution in [3.05, 3.63) is 0 Å². The van der Waals surface area contributed by atoms with Crippen LogP contribution in [0.5, 0.6) is 0 Å². The van der Waals surface area contributed by atoms with E-state index >= 15 is 0 Å². The Morgan fingerprint density at radius 3 is 2.89 bits per heavy atom. The molecule has 0 aliphatic rings. The van der Waals surface area contributed by atoms with Gasteiger partial charge in [-0.15, -0.1) is 12.3 Å². The largest absolute Gasteiger partial charge is 0.355 e. The van der Waals surface area contributed by atoms with Crippen molar-refractivity contribution in [2.75, 3.05) is 0 Å². The Bertz CT molecular complexity index is 115. The van der Waals surface area contributed by atoms with E-state index in [0.29, 0.717) is 12.8 Å². The molecule has 0 aromatic heterocycles. The van der Waals surface area contributed by atoms with Gasteiger partial charge in [0.15, 0.2) is 0 Å². The number of terminal acetylenes is 1. The minimum atomic E-state index is 0.160. The first-order valence-corrected chi connectivity index (χ1v) is 2.98. The number of amides is 1. The van der Waals surface area contributed by atoms with Gasteiger partial charge in [-0.05, 0) is 6.42 Å². The summed E-state index contributed by atoms with van der Waals surface area (Å²) in [5.74, 6) is 2.48. The molecular weight excluding hydrogens is 114 g/mol. The molecular formula is C7H11NO. The Kier molecular flexibility index (Phi) is 4.61. The normalized spacial score (nSPS) is 11.6. The molecule has 1 amide bonds. The van der Waals surface area contributed by atoms with Gasteiger partial charge >= 0.3 is 0 Å². The van der Waals surface area contributed by atoms with Crippen LogP contribution in [-0.2, 0) is 4.79 Å². The Morgan fingerprint density at radius 2 is 2.56 bits per heavy atom. The number of carbonyl (C=O) groups is 1.